The molecule has 1 amide bonds. The zero-order valence-electron chi connectivity index (χ0n) is 22.8. The van der Waals surface area contributed by atoms with Gasteiger partial charge in [0.05, 0.1) is 35.8 Å². The van der Waals surface area contributed by atoms with Crippen LogP contribution in [0.3, 0.4) is 0 Å². The number of halogens is 6. The van der Waals surface area contributed by atoms with Gasteiger partial charge < -0.3 is 14.8 Å². The number of likely N-dealkylation sites (tertiary alicyclic amines) is 1. The van der Waals surface area contributed by atoms with Crippen LogP contribution in [0.2, 0.25) is 0 Å². The van der Waals surface area contributed by atoms with Crippen molar-refractivity contribution in [1.29, 1.82) is 0 Å². The summed E-state index contributed by atoms with van der Waals surface area (Å²) in [5, 5.41) is 3.07. The summed E-state index contributed by atoms with van der Waals surface area (Å²) >= 11 is 0. The van der Waals surface area contributed by atoms with Crippen LogP contribution in [0, 0.1) is 0 Å². The summed E-state index contributed by atoms with van der Waals surface area (Å²) in [6, 6.07) is 11.0. The van der Waals surface area contributed by atoms with Crippen molar-refractivity contribution < 1.29 is 40.6 Å². The van der Waals surface area contributed by atoms with E-state index in [1.807, 2.05) is 30.3 Å². The van der Waals surface area contributed by atoms with Crippen LogP contribution in [0.4, 0.5) is 26.3 Å². The third kappa shape index (κ3) is 6.41. The number of piperidine rings is 1. The van der Waals surface area contributed by atoms with Crippen LogP contribution >= 0.6 is 0 Å². The number of hydrogen-bond donors (Lipinski definition) is 1. The Bertz CT molecular complexity index is 1180. The van der Waals surface area contributed by atoms with E-state index in [9.17, 15) is 31.1 Å². The largest absolute Gasteiger partial charge is 0.416 e. The van der Waals surface area contributed by atoms with Gasteiger partial charge in [-0.2, -0.15) is 26.3 Å². The summed E-state index contributed by atoms with van der Waals surface area (Å²) < 4.78 is 92.4. The zero-order valence-corrected chi connectivity index (χ0v) is 22.8. The minimum Gasteiger partial charge on any atom is -0.347 e. The molecule has 1 unspecified atom stereocenters. The quantitative estimate of drug-likeness (QED) is 0.402. The molecule has 1 aliphatic carbocycles. The highest BCUT2D eigenvalue weighted by Gasteiger charge is 2.45. The molecule has 41 heavy (non-hydrogen) atoms. The Balaban J connectivity index is 1.33. The van der Waals surface area contributed by atoms with E-state index in [1.165, 1.54) is 6.92 Å². The first-order valence-electron chi connectivity index (χ1n) is 14.0. The van der Waals surface area contributed by atoms with Gasteiger partial charge >= 0.3 is 12.4 Å². The molecule has 2 saturated heterocycles. The summed E-state index contributed by atoms with van der Waals surface area (Å²) in [6.45, 7) is 4.23. The average molecular weight is 585 g/mol. The molecule has 5 rings (SSSR count). The number of alkyl halides is 6. The smallest absolute Gasteiger partial charge is 0.347 e. The summed E-state index contributed by atoms with van der Waals surface area (Å²) in [5.41, 5.74) is -3.12. The molecule has 2 aromatic rings. The van der Waals surface area contributed by atoms with Crippen LogP contribution in [0.25, 0.3) is 0 Å². The van der Waals surface area contributed by atoms with Gasteiger partial charge in [0.25, 0.3) is 0 Å². The van der Waals surface area contributed by atoms with E-state index < -0.39 is 46.6 Å². The Kier molecular flexibility index (Phi) is 8.17. The molecule has 2 aromatic carbocycles. The molecule has 1 N–H and O–H groups in total. The highest BCUT2D eigenvalue weighted by atomic mass is 19.4. The van der Waals surface area contributed by atoms with Crippen molar-refractivity contribution in [2.45, 2.75) is 81.1 Å². The molecule has 0 radical (unpaired) electrons. The van der Waals surface area contributed by atoms with Crippen molar-refractivity contribution in [3.63, 3.8) is 0 Å². The van der Waals surface area contributed by atoms with E-state index in [4.69, 9.17) is 9.47 Å². The number of rotatable bonds is 5. The monoisotopic (exact) mass is 584 g/mol. The molecule has 1 atom stereocenters. The van der Waals surface area contributed by atoms with Crippen LogP contribution in [0.1, 0.15) is 73.6 Å². The Hall–Kier alpha value is -2.63. The van der Waals surface area contributed by atoms with Gasteiger partial charge in [-0.1, -0.05) is 30.3 Å². The van der Waals surface area contributed by atoms with Gasteiger partial charge in [0.15, 0.2) is 5.79 Å². The number of hydrogen-bond acceptors (Lipinski definition) is 4. The lowest BCUT2D eigenvalue weighted by Crippen LogP contribution is -2.54. The molecular weight excluding hydrogens is 550 g/mol. The van der Waals surface area contributed by atoms with Crippen molar-refractivity contribution in [3.8, 4) is 0 Å². The van der Waals surface area contributed by atoms with Crippen molar-refractivity contribution >= 4 is 5.91 Å². The fourth-order valence-electron chi connectivity index (χ4n) is 6.44. The predicted molar refractivity (Wildman–Crippen MR) is 139 cm³/mol. The van der Waals surface area contributed by atoms with E-state index in [0.29, 0.717) is 38.2 Å². The van der Waals surface area contributed by atoms with E-state index in [1.54, 1.807) is 0 Å². The zero-order chi connectivity index (χ0) is 29.5. The maximum atomic E-state index is 13.5. The molecule has 3 aliphatic rings. The summed E-state index contributed by atoms with van der Waals surface area (Å²) in [4.78, 5) is 16.0. The normalized spacial score (nSPS) is 26.2. The highest BCUT2D eigenvalue weighted by Crippen LogP contribution is 2.42. The highest BCUT2D eigenvalue weighted by molar-refractivity contribution is 5.84. The SMILES string of the molecule is CC(C(=O)NC1(c2ccccc2)CCC(N2CCC3(CC2)OCCO3)CC1)c1cc(C(F)(F)F)cc(C(F)(F)F)c1. The standard InChI is InChI=1S/C30H34F6N2O3/c1-20(21-17-23(29(31,32)33)19-24(18-21)30(34,35)36)26(39)37-27(22-5-3-2-4-6-22)9-7-25(8-10-27)38-13-11-28(12-14-38)40-15-16-41-28/h2-6,17-20,25H,7-16H2,1H3,(H,37,39). The number of carbonyl (C=O) groups is 1. The molecule has 0 aromatic heterocycles. The Morgan fingerprint density at radius 1 is 0.878 bits per heavy atom. The van der Waals surface area contributed by atoms with E-state index in [0.717, 1.165) is 44.3 Å². The van der Waals surface area contributed by atoms with Gasteiger partial charge in [-0.25, -0.2) is 0 Å². The lowest BCUT2D eigenvalue weighted by molar-refractivity contribution is -0.189. The molecule has 3 fully saturated rings. The molecule has 11 heteroatoms. The van der Waals surface area contributed by atoms with Gasteiger partial charge in [0.2, 0.25) is 5.91 Å². The fraction of sp³-hybridized carbons (Fsp3) is 0.567. The molecule has 1 spiro atoms. The lowest BCUT2D eigenvalue weighted by Gasteiger charge is -2.47. The predicted octanol–water partition coefficient (Wildman–Crippen LogP) is 6.62. The molecule has 224 valence electrons. The van der Waals surface area contributed by atoms with Gasteiger partial charge in [-0.15, -0.1) is 0 Å². The molecule has 5 nitrogen and oxygen atoms in total. The summed E-state index contributed by atoms with van der Waals surface area (Å²) in [7, 11) is 0. The number of nitrogens with one attached hydrogen (secondary N) is 1. The second-order valence-electron chi connectivity index (χ2n) is 11.4. The Morgan fingerprint density at radius 2 is 1.41 bits per heavy atom. The molecule has 2 heterocycles. The van der Waals surface area contributed by atoms with Crippen molar-refractivity contribution in [3.05, 3.63) is 70.8 Å². The van der Waals surface area contributed by atoms with Gasteiger partial charge in [-0.05, 0) is 61.9 Å². The first-order chi connectivity index (χ1) is 19.3. The van der Waals surface area contributed by atoms with Gasteiger partial charge in [0, 0.05) is 32.0 Å². The first-order valence-corrected chi connectivity index (χ1v) is 14.0. The summed E-state index contributed by atoms with van der Waals surface area (Å²) in [5.74, 6) is -2.32. The number of carbonyl (C=O) groups excluding carboxylic acids is 1. The third-order valence-electron chi connectivity index (χ3n) is 8.89. The van der Waals surface area contributed by atoms with Crippen LogP contribution in [0.15, 0.2) is 48.5 Å². The third-order valence-corrected chi connectivity index (χ3v) is 8.89. The lowest BCUT2D eigenvalue weighted by atomic mass is 9.73. The number of nitrogens with zero attached hydrogens (tertiary/aromatic N) is 1. The van der Waals surface area contributed by atoms with Crippen molar-refractivity contribution in [1.82, 2.24) is 10.2 Å². The molecule has 0 bridgehead atoms. The van der Waals surface area contributed by atoms with Crippen LogP contribution < -0.4 is 5.32 Å². The number of benzene rings is 2. The first kappa shape index (κ1) is 29.8. The van der Waals surface area contributed by atoms with Crippen LogP contribution in [-0.4, -0.2) is 48.9 Å². The fourth-order valence-corrected chi connectivity index (χ4v) is 6.44. The topological polar surface area (TPSA) is 50.8 Å². The second-order valence-corrected chi connectivity index (χ2v) is 11.4. The maximum absolute atomic E-state index is 13.5. The van der Waals surface area contributed by atoms with Gasteiger partial charge in [-0.3, -0.25) is 9.69 Å². The van der Waals surface area contributed by atoms with E-state index >= 15 is 0 Å². The molecule has 2 aliphatic heterocycles. The molecular formula is C30H34F6N2O3. The Labute approximate surface area is 235 Å². The van der Waals surface area contributed by atoms with E-state index in [2.05, 4.69) is 10.2 Å². The maximum Gasteiger partial charge on any atom is 0.416 e. The minimum atomic E-state index is -4.99. The van der Waals surface area contributed by atoms with Crippen molar-refractivity contribution in [2.75, 3.05) is 26.3 Å². The van der Waals surface area contributed by atoms with Crippen LogP contribution in [0.5, 0.6) is 0 Å². The van der Waals surface area contributed by atoms with Crippen molar-refractivity contribution in [2.24, 2.45) is 0 Å². The number of amides is 1. The average Bonchev–Trinajstić information content (AvgIpc) is 3.40. The van der Waals surface area contributed by atoms with Gasteiger partial charge in [0.1, 0.15) is 0 Å². The summed E-state index contributed by atoms with van der Waals surface area (Å²) in [6.07, 6.45) is -5.66. The van der Waals surface area contributed by atoms with E-state index in [-0.39, 0.29) is 17.7 Å². The second kappa shape index (κ2) is 11.2. The number of ether oxygens (including phenoxy) is 2. The van der Waals surface area contributed by atoms with Crippen LogP contribution in [-0.2, 0) is 32.2 Å². The Morgan fingerprint density at radius 3 is 1.93 bits per heavy atom. The molecule has 1 saturated carbocycles. The minimum absolute atomic E-state index is 0.0776.